The Balaban J connectivity index is 2.01. The van der Waals surface area contributed by atoms with Gasteiger partial charge < -0.3 is 38.5 Å². The van der Waals surface area contributed by atoms with Crippen LogP contribution in [0.2, 0.25) is 0 Å². The summed E-state index contributed by atoms with van der Waals surface area (Å²) in [6.07, 6.45) is 5.91. The Labute approximate surface area is 513 Å². The summed E-state index contributed by atoms with van der Waals surface area (Å²) in [7, 11) is 14.3. The van der Waals surface area contributed by atoms with Crippen LogP contribution in [0.3, 0.4) is 0 Å². The molecule has 0 atom stereocenters. The number of hydrazone groups is 4. The molecule has 4 aromatic rings. The molecule has 0 saturated carbocycles. The minimum atomic E-state index is -0.504. The Morgan fingerprint density at radius 2 is 0.500 bits per heavy atom. The van der Waals surface area contributed by atoms with E-state index < -0.39 is 71.7 Å². The highest BCUT2D eigenvalue weighted by molar-refractivity contribution is 8.01. The smallest absolute Gasteiger partial charge is 0.278 e. The van der Waals surface area contributed by atoms with Crippen LogP contribution in [0.15, 0.2) is 108 Å². The van der Waals surface area contributed by atoms with E-state index in [1.165, 1.54) is 72.4 Å². The molecule has 1 heterocycles. The van der Waals surface area contributed by atoms with E-state index >= 15 is 0 Å². The highest BCUT2D eigenvalue weighted by Crippen LogP contribution is 2.56. The largest absolute Gasteiger partial charge is 0.481 e. The van der Waals surface area contributed by atoms with Crippen LogP contribution in [-0.2, 0) is 40.8 Å². The van der Waals surface area contributed by atoms with E-state index in [0.29, 0.717) is 62.2 Å². The van der Waals surface area contributed by atoms with Crippen molar-refractivity contribution in [1.29, 1.82) is 0 Å². The van der Waals surface area contributed by atoms with Gasteiger partial charge in [0.1, 0.15) is 48.4 Å². The Kier molecular flexibility index (Phi) is 23.8. The summed E-state index contributed by atoms with van der Waals surface area (Å²) < 4.78 is 27.0. The zero-order valence-electron chi connectivity index (χ0n) is 52.2. The number of benzene rings is 4. The van der Waals surface area contributed by atoms with Crippen LogP contribution in [0.25, 0.3) is 0 Å². The molecule has 84 heavy (non-hydrogen) atoms. The van der Waals surface area contributed by atoms with Gasteiger partial charge in [-0.2, -0.15) is 20.4 Å². The molecule has 4 N–H and O–H groups in total. The molecule has 8 bridgehead atoms. The average molecular weight is 1230 g/mol. The van der Waals surface area contributed by atoms with Crippen molar-refractivity contribution in [2.24, 2.45) is 20.4 Å². The van der Waals surface area contributed by atoms with Gasteiger partial charge in [-0.1, -0.05) is 130 Å². The van der Waals surface area contributed by atoms with Crippen molar-refractivity contribution in [1.82, 2.24) is 41.3 Å². The molecule has 0 aromatic heterocycles. The quantitative estimate of drug-likeness (QED) is 0.0324. The Morgan fingerprint density at radius 1 is 0.345 bits per heavy atom. The number of carbonyl (C=O) groups excluding carboxylic acids is 4. The van der Waals surface area contributed by atoms with Gasteiger partial charge in [-0.05, 0) is 92.4 Å². The van der Waals surface area contributed by atoms with Gasteiger partial charge in [0.25, 0.3) is 23.6 Å². The van der Waals surface area contributed by atoms with Crippen molar-refractivity contribution in [2.75, 3.05) is 82.8 Å². The highest BCUT2D eigenvalue weighted by Gasteiger charge is 2.31. The number of carbonyl (C=O) groups is 4. The first-order chi connectivity index (χ1) is 39.1. The fraction of sp³-hybridized carbons (Fsp3) is 0.467. The lowest BCUT2D eigenvalue weighted by Crippen LogP contribution is -2.26. The van der Waals surface area contributed by atoms with E-state index in [4.69, 9.17) is 18.9 Å². The molecular weight excluding hydrogens is 1150 g/mol. The van der Waals surface area contributed by atoms with Gasteiger partial charge >= 0.3 is 0 Å². The first-order valence-electron chi connectivity index (χ1n) is 27.0. The molecular formula is C60H84N12O8S4. The summed E-state index contributed by atoms with van der Waals surface area (Å²) in [4.78, 5) is 66.5. The SMILES string of the molecule is CN(C)/C=N\NC(=O)COc1c2cc(C(C)(C)C)cc1Sc1cc(C(C)(C)C)cc(c1OCC(=O)N/N=C/N(C)C)Sc1cc(C(C)(C)C)cc(c1OCC(=O)N/N=C/N(C)C)Sc1cc(C(C)(C)C)cc(c1OCC(=O)N/N=C\N(C)C)S2. The fourth-order valence-corrected chi connectivity index (χ4v) is 12.0. The monoisotopic (exact) mass is 1230 g/mol. The lowest BCUT2D eigenvalue weighted by Gasteiger charge is -2.28. The van der Waals surface area contributed by atoms with Gasteiger partial charge in [0.2, 0.25) is 0 Å². The second-order valence-electron chi connectivity index (χ2n) is 24.7. The summed E-state index contributed by atoms with van der Waals surface area (Å²) in [6.45, 7) is 23.8. The Bertz CT molecular complexity index is 2630. The number of hydrogen-bond acceptors (Lipinski definition) is 16. The van der Waals surface area contributed by atoms with Crippen molar-refractivity contribution in [2.45, 2.75) is 144 Å². The fourth-order valence-electron chi connectivity index (χ4n) is 7.23. The molecule has 0 unspecified atom stereocenters. The maximum absolute atomic E-state index is 13.7. The molecule has 0 aliphatic carbocycles. The molecule has 24 heteroatoms. The Hall–Kier alpha value is -6.76. The van der Waals surface area contributed by atoms with Crippen molar-refractivity contribution in [3.63, 3.8) is 0 Å². The van der Waals surface area contributed by atoms with E-state index in [1.54, 1.807) is 76.0 Å². The molecule has 456 valence electrons. The van der Waals surface area contributed by atoms with E-state index in [0.717, 1.165) is 22.3 Å². The minimum absolute atomic E-state index is 0.370. The van der Waals surface area contributed by atoms with Gasteiger partial charge in [-0.3, -0.25) is 19.2 Å². The maximum atomic E-state index is 13.7. The molecule has 4 amide bonds. The zero-order valence-corrected chi connectivity index (χ0v) is 55.5. The second kappa shape index (κ2) is 29.4. The van der Waals surface area contributed by atoms with E-state index in [9.17, 15) is 19.2 Å². The summed E-state index contributed by atoms with van der Waals surface area (Å²) in [5.74, 6) is -0.536. The normalized spacial score (nSPS) is 13.0. The standard InChI is InChI=1S/C60H84N12O8S4/c1-57(2,3)37-21-41-53(77-29-49(73)65-61-33-69(13)14)42(22-37)82-44-24-39(59(7,8)9)26-46(55(44)79-31-51(75)67-63-35-71(17)18)84-48-28-40(60(10,11)12)27-47(56(48)80-32-52(76)68-64-36-72(19)20)83-45-25-38(58(4,5)6)23-43(81-41)54(45)78-30-50(74)66-62-34-70(15)16/h21-28,33-36H,29-32H2,1-20H3,(H,65,73)(H,66,74)(H,67,75)(H,68,76)/b61-33-,62-34-,63-35+,64-36+. The summed E-state index contributed by atoms with van der Waals surface area (Å²) >= 11 is 5.46. The molecule has 1 aliphatic heterocycles. The van der Waals surface area contributed by atoms with Crippen LogP contribution in [0, 0.1) is 0 Å². The van der Waals surface area contributed by atoms with Crippen molar-refractivity contribution in [3.05, 3.63) is 70.8 Å². The summed E-state index contributed by atoms with van der Waals surface area (Å²) in [5.41, 5.74) is 12.3. The van der Waals surface area contributed by atoms with Crippen LogP contribution in [0.5, 0.6) is 23.0 Å². The zero-order chi connectivity index (χ0) is 62.5. The van der Waals surface area contributed by atoms with Crippen LogP contribution >= 0.6 is 47.0 Å². The highest BCUT2D eigenvalue weighted by atomic mass is 32.2. The lowest BCUT2D eigenvalue weighted by molar-refractivity contribution is -0.123. The number of nitrogens with zero attached hydrogens (tertiary/aromatic N) is 8. The maximum Gasteiger partial charge on any atom is 0.278 e. The first kappa shape index (κ1) is 68.0. The van der Waals surface area contributed by atoms with Crippen LogP contribution in [0.1, 0.15) is 105 Å². The van der Waals surface area contributed by atoms with Crippen molar-refractivity contribution < 1.29 is 38.1 Å². The topological polar surface area (TPSA) is 216 Å². The number of rotatable bonds is 20. The van der Waals surface area contributed by atoms with Gasteiger partial charge in [0, 0.05) is 56.4 Å². The third-order valence-electron chi connectivity index (χ3n) is 11.7. The van der Waals surface area contributed by atoms with Crippen LogP contribution < -0.4 is 40.7 Å². The van der Waals surface area contributed by atoms with Crippen LogP contribution in [0.4, 0.5) is 0 Å². The summed E-state index contributed by atoms with van der Waals surface area (Å²) in [5, 5.41) is 16.4. The molecule has 5 rings (SSSR count). The predicted molar refractivity (Wildman–Crippen MR) is 340 cm³/mol. The third-order valence-corrected chi connectivity index (χ3v) is 15.9. The number of hydrogen-bond donors (Lipinski definition) is 4. The molecule has 20 nitrogen and oxygen atoms in total. The van der Waals surface area contributed by atoms with Crippen molar-refractivity contribution >= 4 is 96.0 Å². The molecule has 4 aromatic carbocycles. The molecule has 0 spiro atoms. The van der Waals surface area contributed by atoms with Gasteiger partial charge in [-0.25, -0.2) is 21.7 Å². The lowest BCUT2D eigenvalue weighted by atomic mass is 9.87. The van der Waals surface area contributed by atoms with Gasteiger partial charge in [-0.15, -0.1) is 0 Å². The number of nitrogens with one attached hydrogen (secondary N) is 4. The predicted octanol–water partition coefficient (Wildman–Crippen LogP) is 9.79. The first-order valence-corrected chi connectivity index (χ1v) is 30.3. The van der Waals surface area contributed by atoms with Gasteiger partial charge in [0.05, 0.1) is 39.2 Å². The number of amides is 4. The third kappa shape index (κ3) is 20.8. The molecule has 1 aliphatic rings. The Morgan fingerprint density at radius 3 is 0.631 bits per heavy atom. The summed E-state index contributed by atoms with van der Waals surface area (Å²) in [6, 6.07) is 16.4. The van der Waals surface area contributed by atoms with Crippen LogP contribution in [-0.4, -0.2) is 151 Å². The molecule has 0 saturated heterocycles. The average Bonchev–Trinajstić information content (AvgIpc) is 1.66. The number of ether oxygens (including phenoxy) is 4. The minimum Gasteiger partial charge on any atom is -0.481 e. The number of fused-ring (bicyclic) bond motifs is 8. The molecule has 0 radical (unpaired) electrons. The van der Waals surface area contributed by atoms with Gasteiger partial charge in [0.15, 0.2) is 26.4 Å². The van der Waals surface area contributed by atoms with E-state index in [2.05, 4.69) is 174 Å². The van der Waals surface area contributed by atoms with E-state index in [1.807, 2.05) is 0 Å². The van der Waals surface area contributed by atoms with Crippen molar-refractivity contribution in [3.8, 4) is 23.0 Å². The molecule has 0 fully saturated rings. The second-order valence-corrected chi connectivity index (χ2v) is 29.1. The van der Waals surface area contributed by atoms with E-state index in [-0.39, 0.29) is 0 Å².